The standard InChI is InChI=1S/C30H33N4O5Si/c1-31-29(36)33-19-27(20-33)38-26-14-11-24(12-15-26)23-9-6-22(7-10-23)8-13-25(21-35)34-17-16-32-30(34)40(2)39-28-5-3-4-18-37-28/h6-7,9-12,14-17,27-28,35H,3-5,18-21H2,1-2H3/p+1/b34-25+. The third-order valence-corrected chi connectivity index (χ3v) is 8.53. The highest BCUT2D eigenvalue weighted by Gasteiger charge is 2.34. The number of aliphatic imine (C=N–C) groups is 1. The number of hydrogen-bond donors (Lipinski definition) is 2. The van der Waals surface area contributed by atoms with Gasteiger partial charge in [0.2, 0.25) is 0 Å². The van der Waals surface area contributed by atoms with Gasteiger partial charge in [0.05, 0.1) is 13.1 Å². The van der Waals surface area contributed by atoms with Crippen LogP contribution in [0.3, 0.4) is 0 Å². The van der Waals surface area contributed by atoms with E-state index < -0.39 is 9.04 Å². The first kappa shape index (κ1) is 27.8. The first-order valence-corrected chi connectivity index (χ1v) is 15.4. The van der Waals surface area contributed by atoms with E-state index in [0.29, 0.717) is 18.8 Å². The van der Waals surface area contributed by atoms with Crippen LogP contribution in [-0.4, -0.2) is 86.6 Å². The zero-order valence-electron chi connectivity index (χ0n) is 22.8. The highest BCUT2D eigenvalue weighted by molar-refractivity contribution is 6.83. The molecule has 1 radical (unpaired) electrons. The predicted molar refractivity (Wildman–Crippen MR) is 154 cm³/mol. The number of benzene rings is 2. The van der Waals surface area contributed by atoms with Crippen molar-refractivity contribution in [1.82, 2.24) is 10.2 Å². The molecule has 2 fully saturated rings. The monoisotopic (exact) mass is 558 g/mol. The minimum absolute atomic E-state index is 0.0170. The summed E-state index contributed by atoms with van der Waals surface area (Å²) in [6.45, 7) is 3.74. The van der Waals surface area contributed by atoms with Gasteiger partial charge < -0.3 is 29.2 Å². The van der Waals surface area contributed by atoms with E-state index in [2.05, 4.69) is 22.2 Å². The van der Waals surface area contributed by atoms with Crippen LogP contribution in [0.5, 0.6) is 5.75 Å². The number of amidine groups is 1. The molecule has 3 heterocycles. The molecule has 1 unspecified atom stereocenters. The highest BCUT2D eigenvalue weighted by atomic mass is 28.3. The summed E-state index contributed by atoms with van der Waals surface area (Å²) in [5.74, 6) is 7.07. The molecular formula is C30H34N4O5Si+. The van der Waals surface area contributed by atoms with Crippen molar-refractivity contribution in [2.75, 3.05) is 33.4 Å². The third-order valence-electron chi connectivity index (χ3n) is 6.92. The maximum absolute atomic E-state index is 11.6. The predicted octanol–water partition coefficient (Wildman–Crippen LogP) is 3.14. The molecule has 2 aromatic carbocycles. The maximum atomic E-state index is 11.6. The van der Waals surface area contributed by atoms with Crippen molar-refractivity contribution in [3.8, 4) is 28.7 Å². The van der Waals surface area contributed by atoms with Crippen molar-refractivity contribution in [3.05, 3.63) is 66.5 Å². The molecule has 3 aliphatic heterocycles. The Bertz CT molecular complexity index is 1350. The van der Waals surface area contributed by atoms with Crippen molar-refractivity contribution >= 4 is 26.2 Å². The summed E-state index contributed by atoms with van der Waals surface area (Å²) in [6, 6.07) is 15.9. The Hall–Kier alpha value is -3.75. The first-order chi connectivity index (χ1) is 19.5. The molecule has 0 aromatic heterocycles. The van der Waals surface area contributed by atoms with Gasteiger partial charge in [0.15, 0.2) is 11.9 Å². The molecule has 10 heteroatoms. The quantitative estimate of drug-likeness (QED) is 0.309. The summed E-state index contributed by atoms with van der Waals surface area (Å²) in [5, 5.41) is 12.7. The van der Waals surface area contributed by atoms with E-state index in [0.717, 1.165) is 53.8 Å². The number of hydrogen-bond acceptors (Lipinski definition) is 6. The summed E-state index contributed by atoms with van der Waals surface area (Å²) in [6.07, 6.45) is 6.43. The molecule has 40 heavy (non-hydrogen) atoms. The van der Waals surface area contributed by atoms with Crippen molar-refractivity contribution in [2.45, 2.75) is 38.2 Å². The van der Waals surface area contributed by atoms with Gasteiger partial charge in [0, 0.05) is 19.2 Å². The van der Waals surface area contributed by atoms with Gasteiger partial charge in [-0.15, -0.1) is 0 Å². The van der Waals surface area contributed by atoms with Crippen LogP contribution in [0, 0.1) is 11.8 Å². The number of nitrogens with one attached hydrogen (secondary N) is 1. The molecule has 5 rings (SSSR count). The number of likely N-dealkylation sites (tertiary alicyclic amines) is 1. The minimum Gasteiger partial charge on any atom is -0.487 e. The second-order valence-electron chi connectivity index (χ2n) is 9.75. The number of urea groups is 1. The smallest absolute Gasteiger partial charge is 0.359 e. The lowest BCUT2D eigenvalue weighted by atomic mass is 10.0. The fourth-order valence-electron chi connectivity index (χ4n) is 4.66. The zero-order valence-corrected chi connectivity index (χ0v) is 23.8. The van der Waals surface area contributed by atoms with Gasteiger partial charge >= 0.3 is 15.1 Å². The van der Waals surface area contributed by atoms with Crippen molar-refractivity contribution in [1.29, 1.82) is 0 Å². The van der Waals surface area contributed by atoms with Gasteiger partial charge in [0.25, 0.3) is 5.46 Å². The van der Waals surface area contributed by atoms with Crippen LogP contribution in [0.2, 0.25) is 6.55 Å². The van der Waals surface area contributed by atoms with Gasteiger partial charge in [-0.3, -0.25) is 0 Å². The van der Waals surface area contributed by atoms with Gasteiger partial charge in [-0.1, -0.05) is 35.2 Å². The molecule has 2 N–H and O–H groups in total. The van der Waals surface area contributed by atoms with Gasteiger partial charge in [-0.05, 0) is 67.1 Å². The number of amides is 2. The molecule has 9 nitrogen and oxygen atoms in total. The van der Waals surface area contributed by atoms with Crippen LogP contribution >= 0.6 is 0 Å². The molecule has 207 valence electrons. The van der Waals surface area contributed by atoms with Crippen molar-refractivity contribution in [2.24, 2.45) is 4.99 Å². The van der Waals surface area contributed by atoms with E-state index in [9.17, 15) is 9.90 Å². The fourth-order valence-corrected chi connectivity index (χ4v) is 6.15. The van der Waals surface area contributed by atoms with E-state index in [1.165, 1.54) is 0 Å². The second-order valence-corrected chi connectivity index (χ2v) is 11.5. The minimum atomic E-state index is -1.44. The van der Waals surface area contributed by atoms with E-state index in [4.69, 9.17) is 13.9 Å². The molecule has 2 aromatic rings. The number of ether oxygens (including phenoxy) is 2. The number of aliphatic hydroxyl groups excluding tert-OH is 1. The highest BCUT2D eigenvalue weighted by Crippen LogP contribution is 2.25. The molecule has 2 amide bonds. The lowest BCUT2D eigenvalue weighted by molar-refractivity contribution is -0.317. The van der Waals surface area contributed by atoms with Crippen LogP contribution in [0.25, 0.3) is 11.1 Å². The van der Waals surface area contributed by atoms with Crippen molar-refractivity contribution < 1.29 is 28.4 Å². The summed E-state index contributed by atoms with van der Waals surface area (Å²) in [4.78, 5) is 17.8. The van der Waals surface area contributed by atoms with Crippen molar-refractivity contribution in [3.63, 3.8) is 0 Å². The molecule has 0 aliphatic carbocycles. The van der Waals surface area contributed by atoms with Crippen LogP contribution in [-0.2, 0) is 9.16 Å². The van der Waals surface area contributed by atoms with E-state index in [-0.39, 0.29) is 25.0 Å². The Morgan fingerprint density at radius 3 is 2.55 bits per heavy atom. The Labute approximate surface area is 236 Å². The van der Waals surface area contributed by atoms with Gasteiger partial charge in [-0.2, -0.15) is 4.58 Å². The molecule has 2 saturated heterocycles. The summed E-state index contributed by atoms with van der Waals surface area (Å²) < 4.78 is 19.7. The first-order valence-electron chi connectivity index (χ1n) is 13.5. The Morgan fingerprint density at radius 1 is 1.18 bits per heavy atom. The topological polar surface area (TPSA) is 95.6 Å². The fraction of sp³-hybridized carbons (Fsp3) is 0.367. The Balaban J connectivity index is 1.20. The molecular weight excluding hydrogens is 524 g/mol. The summed E-state index contributed by atoms with van der Waals surface area (Å²) in [5.41, 5.74) is 4.31. The zero-order chi connectivity index (χ0) is 27.9. The molecule has 1 atom stereocenters. The largest absolute Gasteiger partial charge is 0.487 e. The van der Waals surface area contributed by atoms with E-state index in [1.54, 1.807) is 18.1 Å². The molecule has 0 spiro atoms. The second kappa shape index (κ2) is 13.1. The average molecular weight is 559 g/mol. The van der Waals surface area contributed by atoms with Gasteiger partial charge in [0.1, 0.15) is 31.0 Å². The number of carbonyl (C=O) groups excluding carboxylic acids is 1. The average Bonchev–Trinajstić information content (AvgIpc) is 3.46. The Kier molecular flexibility index (Phi) is 9.08. The lowest BCUT2D eigenvalue weighted by Gasteiger charge is -2.38. The SMILES string of the molecule is CNC(=O)N1CC(Oc2ccc(-c3ccc(C#C/C(CO)=[N+]4/C=CN=C4[Si](C)OC4CCCCO4)cc3)cc2)C1. The maximum Gasteiger partial charge on any atom is 0.359 e. The number of aliphatic hydroxyl groups is 1. The summed E-state index contributed by atoms with van der Waals surface area (Å²) in [7, 11) is 0.187. The number of rotatable bonds is 7. The van der Waals surface area contributed by atoms with Crippen LogP contribution in [0.15, 0.2) is 65.9 Å². The van der Waals surface area contributed by atoms with Crippen LogP contribution < -0.4 is 10.1 Å². The molecule has 0 saturated carbocycles. The normalized spacial score (nSPS) is 19.9. The van der Waals surface area contributed by atoms with Crippen LogP contribution in [0.4, 0.5) is 4.79 Å². The number of nitrogens with zero attached hydrogens (tertiary/aromatic N) is 3. The number of carbonyl (C=O) groups is 1. The lowest BCUT2D eigenvalue weighted by Crippen LogP contribution is -2.58. The molecule has 3 aliphatic rings. The Morgan fingerprint density at radius 2 is 1.90 bits per heavy atom. The van der Waals surface area contributed by atoms with Gasteiger partial charge in [-0.25, -0.2) is 4.79 Å². The third kappa shape index (κ3) is 6.69. The summed E-state index contributed by atoms with van der Waals surface area (Å²) >= 11 is 0. The molecule has 0 bridgehead atoms. The van der Waals surface area contributed by atoms with Crippen LogP contribution in [0.1, 0.15) is 24.8 Å². The van der Waals surface area contributed by atoms with E-state index >= 15 is 0 Å². The van der Waals surface area contributed by atoms with E-state index in [1.807, 2.05) is 65.9 Å².